The number of fused-ring (bicyclic) bond motifs is 2. The number of nitrogens with zero attached hydrogens (tertiary/aromatic N) is 6. The summed E-state index contributed by atoms with van der Waals surface area (Å²) in [5.41, 5.74) is 4.11. The molecule has 41 heavy (non-hydrogen) atoms. The number of amides is 1. The first kappa shape index (κ1) is 26.9. The summed E-state index contributed by atoms with van der Waals surface area (Å²) in [5, 5.41) is 2.37. The Morgan fingerprint density at radius 3 is 2.71 bits per heavy atom. The van der Waals surface area contributed by atoms with Crippen molar-refractivity contribution in [2.45, 2.75) is 38.3 Å². The van der Waals surface area contributed by atoms with E-state index in [1.165, 1.54) is 22.4 Å². The van der Waals surface area contributed by atoms with Gasteiger partial charge in [-0.1, -0.05) is 36.9 Å². The lowest BCUT2D eigenvalue weighted by atomic mass is 9.99. The van der Waals surface area contributed by atoms with Gasteiger partial charge in [-0.05, 0) is 36.4 Å². The standard InChI is InChI=1S/C31H32F2N6O2/c1-4-27(40)39-14-13-38(17-23(39)16-34-3)29-24-11-12-37(26-10-6-9-21-8-5-7-20(2)28(21)26)18-25(24)35-30(36-29)41-19-22-15-31(22,32)33/h4-10,22-23H,1,11-19H2,2H3/t22?,23-/m0/s1. The Kier molecular flexibility index (Phi) is 6.98. The highest BCUT2D eigenvalue weighted by molar-refractivity contribution is 5.97. The van der Waals surface area contributed by atoms with E-state index in [0.717, 1.165) is 23.5 Å². The van der Waals surface area contributed by atoms with Gasteiger partial charge in [-0.3, -0.25) is 4.79 Å². The third-order valence-electron chi connectivity index (χ3n) is 8.37. The van der Waals surface area contributed by atoms with Crippen LogP contribution < -0.4 is 14.5 Å². The minimum atomic E-state index is -2.69. The molecule has 1 aromatic heterocycles. The Morgan fingerprint density at radius 1 is 1.20 bits per heavy atom. The summed E-state index contributed by atoms with van der Waals surface area (Å²) < 4.78 is 32.9. The summed E-state index contributed by atoms with van der Waals surface area (Å²) in [6.45, 7) is 15.8. The minimum absolute atomic E-state index is 0.0868. The van der Waals surface area contributed by atoms with Gasteiger partial charge in [0.15, 0.2) is 0 Å². The van der Waals surface area contributed by atoms with Crippen LogP contribution in [0.3, 0.4) is 0 Å². The lowest BCUT2D eigenvalue weighted by Gasteiger charge is -2.41. The molecule has 3 aromatic rings. The molecule has 1 saturated carbocycles. The van der Waals surface area contributed by atoms with Crippen LogP contribution in [0.2, 0.25) is 0 Å². The second-order valence-electron chi connectivity index (χ2n) is 11.0. The number of benzene rings is 2. The zero-order valence-corrected chi connectivity index (χ0v) is 23.0. The second kappa shape index (κ2) is 10.6. The number of piperazine rings is 1. The van der Waals surface area contributed by atoms with Gasteiger partial charge < -0.3 is 24.3 Å². The lowest BCUT2D eigenvalue weighted by Crippen LogP contribution is -2.56. The quantitative estimate of drug-likeness (QED) is 0.311. The first-order valence-electron chi connectivity index (χ1n) is 13.9. The highest BCUT2D eigenvalue weighted by atomic mass is 19.3. The molecule has 0 N–H and O–H groups in total. The van der Waals surface area contributed by atoms with Crippen molar-refractivity contribution in [3.63, 3.8) is 0 Å². The number of aryl methyl sites for hydroxylation is 1. The van der Waals surface area contributed by atoms with Crippen LogP contribution in [0.25, 0.3) is 15.6 Å². The number of rotatable bonds is 7. The van der Waals surface area contributed by atoms with Gasteiger partial charge in [-0.25, -0.2) is 15.4 Å². The third kappa shape index (κ3) is 5.17. The minimum Gasteiger partial charge on any atom is -0.463 e. The van der Waals surface area contributed by atoms with Crippen molar-refractivity contribution < 1.29 is 18.3 Å². The van der Waals surface area contributed by atoms with Crippen LogP contribution in [-0.4, -0.2) is 72.1 Å². The number of hydrogen-bond donors (Lipinski definition) is 0. The molecule has 0 radical (unpaired) electrons. The van der Waals surface area contributed by atoms with E-state index < -0.39 is 11.8 Å². The Bertz CT molecular complexity index is 1550. The molecule has 1 amide bonds. The molecule has 1 saturated heterocycles. The first-order chi connectivity index (χ1) is 19.8. The maximum Gasteiger partial charge on any atom is 0.318 e. The lowest BCUT2D eigenvalue weighted by molar-refractivity contribution is -0.128. The van der Waals surface area contributed by atoms with Crippen molar-refractivity contribution in [3.8, 4) is 6.01 Å². The van der Waals surface area contributed by atoms with Gasteiger partial charge in [0.1, 0.15) is 18.5 Å². The summed E-state index contributed by atoms with van der Waals surface area (Å²) in [6.07, 6.45) is 1.78. The predicted molar refractivity (Wildman–Crippen MR) is 153 cm³/mol. The van der Waals surface area contributed by atoms with Crippen molar-refractivity contribution in [1.82, 2.24) is 14.9 Å². The van der Waals surface area contributed by atoms with E-state index in [9.17, 15) is 13.6 Å². The van der Waals surface area contributed by atoms with E-state index in [4.69, 9.17) is 21.3 Å². The number of carbonyl (C=O) groups is 1. The molecule has 2 aliphatic heterocycles. The molecular weight excluding hydrogens is 526 g/mol. The molecule has 212 valence electrons. The number of ether oxygens (including phenoxy) is 1. The maximum atomic E-state index is 13.6. The van der Waals surface area contributed by atoms with Crippen LogP contribution in [0, 0.1) is 19.4 Å². The van der Waals surface area contributed by atoms with Gasteiger partial charge in [0, 0.05) is 49.2 Å². The number of halogens is 2. The van der Waals surface area contributed by atoms with Crippen molar-refractivity contribution in [2.24, 2.45) is 5.92 Å². The van der Waals surface area contributed by atoms with Gasteiger partial charge >= 0.3 is 6.01 Å². The van der Waals surface area contributed by atoms with Crippen LogP contribution in [0.1, 0.15) is 23.2 Å². The highest BCUT2D eigenvalue weighted by Gasteiger charge is 2.57. The molecule has 1 aliphatic carbocycles. The summed E-state index contributed by atoms with van der Waals surface area (Å²) in [7, 11) is 0. The third-order valence-corrected chi connectivity index (χ3v) is 8.37. The van der Waals surface area contributed by atoms with Crippen molar-refractivity contribution >= 4 is 28.2 Å². The molecule has 2 atom stereocenters. The molecule has 8 nitrogen and oxygen atoms in total. The number of alkyl halides is 2. The Hall–Kier alpha value is -4.26. The van der Waals surface area contributed by atoms with Gasteiger partial charge in [0.25, 0.3) is 5.92 Å². The van der Waals surface area contributed by atoms with E-state index in [1.54, 1.807) is 4.90 Å². The number of anilines is 2. The summed E-state index contributed by atoms with van der Waals surface area (Å²) in [6, 6.07) is 12.3. The number of hydrogen-bond acceptors (Lipinski definition) is 6. The zero-order valence-electron chi connectivity index (χ0n) is 23.0. The van der Waals surface area contributed by atoms with Crippen LogP contribution in [0.5, 0.6) is 6.01 Å². The van der Waals surface area contributed by atoms with Gasteiger partial charge in [0.2, 0.25) is 12.5 Å². The van der Waals surface area contributed by atoms with Crippen LogP contribution in [0.15, 0.2) is 49.1 Å². The van der Waals surface area contributed by atoms with Gasteiger partial charge in [0.05, 0.1) is 18.2 Å². The van der Waals surface area contributed by atoms with Gasteiger partial charge in [-0.2, -0.15) is 9.97 Å². The van der Waals surface area contributed by atoms with Crippen LogP contribution in [0.4, 0.5) is 20.3 Å². The molecular formula is C31H32F2N6O2. The van der Waals surface area contributed by atoms with Crippen LogP contribution in [-0.2, 0) is 17.8 Å². The average molecular weight is 559 g/mol. The second-order valence-corrected chi connectivity index (χ2v) is 11.0. The van der Waals surface area contributed by atoms with E-state index in [1.807, 2.05) is 0 Å². The Morgan fingerprint density at radius 2 is 1.98 bits per heavy atom. The smallest absolute Gasteiger partial charge is 0.318 e. The fourth-order valence-corrected chi connectivity index (χ4v) is 6.03. The monoisotopic (exact) mass is 558 g/mol. The normalized spacial score (nSPS) is 21.3. The number of carbonyl (C=O) groups excluding carboxylic acids is 1. The molecule has 10 heteroatoms. The zero-order chi connectivity index (χ0) is 28.7. The largest absolute Gasteiger partial charge is 0.463 e. The van der Waals surface area contributed by atoms with Crippen LogP contribution >= 0.6 is 0 Å². The topological polar surface area (TPSA) is 66.2 Å². The Balaban J connectivity index is 1.34. The van der Waals surface area contributed by atoms with E-state index >= 15 is 0 Å². The molecule has 6 rings (SSSR count). The van der Waals surface area contributed by atoms with E-state index in [2.05, 4.69) is 64.5 Å². The molecule has 3 heterocycles. The van der Waals surface area contributed by atoms with E-state index in [0.29, 0.717) is 38.4 Å². The summed E-state index contributed by atoms with van der Waals surface area (Å²) in [5.74, 6) is -3.02. The fraction of sp³-hybridized carbons (Fsp3) is 0.419. The molecule has 0 bridgehead atoms. The molecule has 0 spiro atoms. The number of aromatic nitrogens is 2. The van der Waals surface area contributed by atoms with Crippen molar-refractivity contribution in [1.29, 1.82) is 0 Å². The van der Waals surface area contributed by atoms with Gasteiger partial charge in [-0.15, -0.1) is 0 Å². The molecule has 1 unspecified atom stereocenters. The summed E-state index contributed by atoms with van der Waals surface area (Å²) in [4.78, 5) is 31.6. The fourth-order valence-electron chi connectivity index (χ4n) is 6.03. The average Bonchev–Trinajstić information content (AvgIpc) is 3.60. The SMILES string of the molecule is [C-]#[N+]C[C@H]1CN(c2nc(OCC3CC3(F)F)nc3c2CCN(c2cccc4cccc(C)c24)C3)CCN1C(=O)C=C. The molecule has 2 fully saturated rings. The Labute approximate surface area is 238 Å². The highest BCUT2D eigenvalue weighted by Crippen LogP contribution is 2.48. The van der Waals surface area contributed by atoms with E-state index in [-0.39, 0.29) is 37.5 Å². The molecule has 2 aromatic carbocycles. The molecule has 3 aliphatic rings. The maximum absolute atomic E-state index is 13.6. The van der Waals surface area contributed by atoms with Crippen molar-refractivity contribution in [3.05, 3.63) is 77.3 Å². The van der Waals surface area contributed by atoms with Crippen molar-refractivity contribution in [2.75, 3.05) is 49.1 Å². The predicted octanol–water partition coefficient (Wildman–Crippen LogP) is 4.66. The summed E-state index contributed by atoms with van der Waals surface area (Å²) >= 11 is 0. The first-order valence-corrected chi connectivity index (χ1v) is 13.9.